The van der Waals surface area contributed by atoms with Crippen molar-refractivity contribution in [1.82, 2.24) is 0 Å². The summed E-state index contributed by atoms with van der Waals surface area (Å²) in [5.74, 6) is 2.78. The smallest absolute Gasteiger partial charge is 0.161 e. The molecule has 0 unspecified atom stereocenters. The van der Waals surface area contributed by atoms with Gasteiger partial charge in [-0.25, -0.2) is 0 Å². The molecule has 0 spiro atoms. The molecular formula is C22H25NO5. The summed E-state index contributed by atoms with van der Waals surface area (Å²) in [5, 5.41) is 1.72. The van der Waals surface area contributed by atoms with Gasteiger partial charge in [-0.3, -0.25) is 4.99 Å². The molecule has 0 saturated carbocycles. The summed E-state index contributed by atoms with van der Waals surface area (Å²) in [7, 11) is 4.89. The van der Waals surface area contributed by atoms with Crippen LogP contribution in [0.2, 0.25) is 0 Å². The molecule has 6 nitrogen and oxygen atoms in total. The molecule has 0 aliphatic rings. The Morgan fingerprint density at radius 2 is 1.75 bits per heavy atom. The number of hydrogen-bond acceptors (Lipinski definition) is 6. The zero-order chi connectivity index (χ0) is 19.9. The number of benzene rings is 2. The Kier molecular flexibility index (Phi) is 6.55. The number of methoxy groups -OCH3 is 3. The highest BCUT2D eigenvalue weighted by Gasteiger charge is 2.11. The molecule has 6 heteroatoms. The first-order valence-corrected chi connectivity index (χ1v) is 9.12. The molecule has 1 heterocycles. The molecule has 1 aromatic heterocycles. The fourth-order valence-corrected chi connectivity index (χ4v) is 2.92. The maximum Gasteiger partial charge on any atom is 0.161 e. The molecule has 148 valence electrons. The minimum atomic E-state index is 0.546. The predicted octanol–water partition coefficient (Wildman–Crippen LogP) is 4.06. The first-order valence-electron chi connectivity index (χ1n) is 9.12. The Morgan fingerprint density at radius 3 is 2.46 bits per heavy atom. The summed E-state index contributed by atoms with van der Waals surface area (Å²) in [4.78, 5) is 4.69. The fraction of sp³-hybridized carbons (Fsp3) is 0.318. The van der Waals surface area contributed by atoms with Crippen molar-refractivity contribution < 1.29 is 23.4 Å². The highest BCUT2D eigenvalue weighted by Crippen LogP contribution is 2.33. The van der Waals surface area contributed by atoms with Crippen LogP contribution in [0.3, 0.4) is 0 Å². The summed E-state index contributed by atoms with van der Waals surface area (Å²) >= 11 is 0. The van der Waals surface area contributed by atoms with Gasteiger partial charge in [-0.15, -0.1) is 0 Å². The van der Waals surface area contributed by atoms with E-state index in [1.54, 1.807) is 21.3 Å². The molecule has 0 saturated heterocycles. The van der Waals surface area contributed by atoms with Gasteiger partial charge in [0.1, 0.15) is 17.1 Å². The molecule has 0 radical (unpaired) electrons. The van der Waals surface area contributed by atoms with Gasteiger partial charge in [0, 0.05) is 24.1 Å². The van der Waals surface area contributed by atoms with Crippen molar-refractivity contribution in [3.05, 3.63) is 47.8 Å². The predicted molar refractivity (Wildman–Crippen MR) is 108 cm³/mol. The van der Waals surface area contributed by atoms with Crippen molar-refractivity contribution in [3.8, 4) is 28.6 Å². The van der Waals surface area contributed by atoms with Crippen LogP contribution >= 0.6 is 0 Å². The Balaban J connectivity index is 2.16. The van der Waals surface area contributed by atoms with Crippen LogP contribution in [0, 0.1) is 0 Å². The second kappa shape index (κ2) is 9.28. The van der Waals surface area contributed by atoms with Crippen LogP contribution < -0.4 is 19.6 Å². The van der Waals surface area contributed by atoms with E-state index >= 15 is 0 Å². The van der Waals surface area contributed by atoms with Crippen LogP contribution in [0.5, 0.6) is 17.2 Å². The number of rotatable bonds is 8. The number of ether oxygens (including phenoxy) is 4. The van der Waals surface area contributed by atoms with Gasteiger partial charge in [-0.2, -0.15) is 0 Å². The third-order valence-corrected chi connectivity index (χ3v) is 4.27. The summed E-state index contributed by atoms with van der Waals surface area (Å²) in [5.41, 5.74) is 1.60. The van der Waals surface area contributed by atoms with Crippen LogP contribution in [0.1, 0.15) is 6.92 Å². The Hall–Kier alpha value is -2.99. The van der Waals surface area contributed by atoms with Crippen molar-refractivity contribution in [2.24, 2.45) is 4.99 Å². The van der Waals surface area contributed by atoms with E-state index in [9.17, 15) is 0 Å². The highest BCUT2D eigenvalue weighted by atomic mass is 16.5. The highest BCUT2D eigenvalue weighted by molar-refractivity contribution is 5.80. The van der Waals surface area contributed by atoms with E-state index in [1.165, 1.54) is 0 Å². The topological polar surface area (TPSA) is 62.4 Å². The van der Waals surface area contributed by atoms with Crippen molar-refractivity contribution in [3.63, 3.8) is 0 Å². The third-order valence-electron chi connectivity index (χ3n) is 4.27. The second-order valence-corrected chi connectivity index (χ2v) is 6.03. The summed E-state index contributed by atoms with van der Waals surface area (Å²) in [6.07, 6.45) is 0. The lowest BCUT2D eigenvalue weighted by molar-refractivity contribution is 0.207. The van der Waals surface area contributed by atoms with Crippen LogP contribution in [-0.4, -0.2) is 41.1 Å². The van der Waals surface area contributed by atoms with Gasteiger partial charge in [-0.1, -0.05) is 0 Å². The summed E-state index contributed by atoms with van der Waals surface area (Å²) in [6.45, 7) is 3.66. The Morgan fingerprint density at radius 1 is 0.929 bits per heavy atom. The molecular weight excluding hydrogens is 358 g/mol. The van der Waals surface area contributed by atoms with Crippen LogP contribution in [-0.2, 0) is 4.74 Å². The lowest BCUT2D eigenvalue weighted by atomic mass is 10.1. The average molecular weight is 383 g/mol. The van der Waals surface area contributed by atoms with E-state index in [-0.39, 0.29) is 0 Å². The number of nitrogens with zero attached hydrogens (tertiary/aromatic N) is 1. The van der Waals surface area contributed by atoms with E-state index in [2.05, 4.69) is 0 Å². The van der Waals surface area contributed by atoms with Crippen molar-refractivity contribution in [2.45, 2.75) is 6.92 Å². The van der Waals surface area contributed by atoms with Crippen molar-refractivity contribution in [2.75, 3.05) is 41.1 Å². The lowest BCUT2D eigenvalue weighted by Crippen LogP contribution is -2.07. The zero-order valence-electron chi connectivity index (χ0n) is 16.7. The second-order valence-electron chi connectivity index (χ2n) is 6.03. The van der Waals surface area contributed by atoms with Crippen molar-refractivity contribution >= 4 is 11.0 Å². The molecule has 0 N–H and O–H groups in total. The summed E-state index contributed by atoms with van der Waals surface area (Å²) < 4.78 is 27.7. The maximum absolute atomic E-state index is 6.16. The molecule has 0 atom stereocenters. The molecule has 3 rings (SSSR count). The fourth-order valence-electron chi connectivity index (χ4n) is 2.92. The van der Waals surface area contributed by atoms with Gasteiger partial charge in [0.25, 0.3) is 0 Å². The van der Waals surface area contributed by atoms with E-state index in [4.69, 9.17) is 28.4 Å². The molecule has 2 aromatic carbocycles. The SMILES string of the molecule is CCOc1ccc2oc(-c3ccc(OC)c(OC)c3)cc(=NCCOC)c2c1. The summed E-state index contributed by atoms with van der Waals surface area (Å²) in [6, 6.07) is 13.3. The van der Waals surface area contributed by atoms with Gasteiger partial charge in [-0.05, 0) is 43.3 Å². The normalized spacial score (nSPS) is 11.6. The molecule has 0 fully saturated rings. The molecule has 0 bridgehead atoms. The Labute approximate surface area is 164 Å². The van der Waals surface area contributed by atoms with Crippen LogP contribution in [0.25, 0.3) is 22.3 Å². The molecule has 3 aromatic rings. The minimum Gasteiger partial charge on any atom is -0.494 e. The molecule has 0 aliphatic heterocycles. The Bertz CT molecular complexity index is 1010. The van der Waals surface area contributed by atoms with E-state index in [0.717, 1.165) is 27.6 Å². The van der Waals surface area contributed by atoms with Crippen molar-refractivity contribution in [1.29, 1.82) is 0 Å². The number of hydrogen-bond donors (Lipinski definition) is 0. The van der Waals surface area contributed by atoms with Gasteiger partial charge in [0.2, 0.25) is 0 Å². The largest absolute Gasteiger partial charge is 0.494 e. The van der Waals surface area contributed by atoms with Gasteiger partial charge in [0.05, 0.1) is 39.3 Å². The van der Waals surface area contributed by atoms with E-state index in [0.29, 0.717) is 37.0 Å². The monoisotopic (exact) mass is 383 g/mol. The van der Waals surface area contributed by atoms with E-state index < -0.39 is 0 Å². The maximum atomic E-state index is 6.16. The van der Waals surface area contributed by atoms with Gasteiger partial charge >= 0.3 is 0 Å². The first-order chi connectivity index (χ1) is 13.7. The van der Waals surface area contributed by atoms with Crippen LogP contribution in [0.15, 0.2) is 51.9 Å². The molecule has 0 aliphatic carbocycles. The minimum absolute atomic E-state index is 0.546. The van der Waals surface area contributed by atoms with E-state index in [1.807, 2.05) is 49.4 Å². The first kappa shape index (κ1) is 19.8. The average Bonchev–Trinajstić information content (AvgIpc) is 2.73. The quantitative estimate of drug-likeness (QED) is 0.549. The number of fused-ring (bicyclic) bond motifs is 1. The lowest BCUT2D eigenvalue weighted by Gasteiger charge is -2.11. The third kappa shape index (κ3) is 4.28. The van der Waals surface area contributed by atoms with Crippen LogP contribution in [0.4, 0.5) is 0 Å². The van der Waals surface area contributed by atoms with Gasteiger partial charge in [0.15, 0.2) is 11.5 Å². The zero-order valence-corrected chi connectivity index (χ0v) is 16.7. The van der Waals surface area contributed by atoms with Gasteiger partial charge < -0.3 is 23.4 Å². The molecule has 28 heavy (non-hydrogen) atoms. The standard InChI is InChI=1S/C22H25NO5/c1-5-27-16-7-9-19-17(13-16)18(23-10-11-24-2)14-21(28-19)15-6-8-20(25-3)22(12-15)26-4/h6-9,12-14H,5,10-11H2,1-4H3. The molecule has 0 amide bonds.